The van der Waals surface area contributed by atoms with E-state index in [1.54, 1.807) is 11.3 Å². The summed E-state index contributed by atoms with van der Waals surface area (Å²) in [6, 6.07) is 0. The van der Waals surface area contributed by atoms with Crippen LogP contribution < -0.4 is 5.32 Å². The van der Waals surface area contributed by atoms with Gasteiger partial charge in [-0.15, -0.1) is 11.3 Å². The van der Waals surface area contributed by atoms with Crippen molar-refractivity contribution in [1.29, 1.82) is 0 Å². The molecule has 5 rings (SSSR count). The van der Waals surface area contributed by atoms with Gasteiger partial charge in [-0.05, 0) is 62.2 Å². The minimum Gasteiger partial charge on any atom is -0.302 e. The molecule has 3 nitrogen and oxygen atoms in total. The van der Waals surface area contributed by atoms with E-state index >= 15 is 0 Å². The molecule has 4 heteroatoms. The zero-order chi connectivity index (χ0) is 15.4. The first-order valence-electron chi connectivity index (χ1n) is 9.24. The molecule has 3 atom stereocenters. The number of fused-ring (bicyclic) bond motifs is 1. The van der Waals surface area contributed by atoms with Gasteiger partial charge in [-0.25, -0.2) is 4.98 Å². The van der Waals surface area contributed by atoms with Gasteiger partial charge in [0.2, 0.25) is 5.91 Å². The maximum Gasteiger partial charge on any atom is 0.229 e. The Morgan fingerprint density at radius 1 is 1.17 bits per heavy atom. The van der Waals surface area contributed by atoms with E-state index in [4.69, 9.17) is 4.98 Å². The molecule has 0 aromatic carbocycles. The smallest absolute Gasteiger partial charge is 0.229 e. The number of allylic oxidation sites excluding steroid dienone is 2. The summed E-state index contributed by atoms with van der Waals surface area (Å²) in [5, 5.41) is 4.01. The largest absolute Gasteiger partial charge is 0.302 e. The zero-order valence-electron chi connectivity index (χ0n) is 13.5. The number of rotatable bonds is 2. The fourth-order valence-electron chi connectivity index (χ4n) is 5.23. The van der Waals surface area contributed by atoms with Crippen LogP contribution in [0.25, 0.3) is 0 Å². The average molecular weight is 328 g/mol. The number of hydrogen-bond acceptors (Lipinski definition) is 3. The molecule has 1 aromatic heterocycles. The number of amides is 1. The molecule has 0 aliphatic heterocycles. The van der Waals surface area contributed by atoms with Gasteiger partial charge in [0, 0.05) is 10.8 Å². The second kappa shape index (κ2) is 5.17. The van der Waals surface area contributed by atoms with Gasteiger partial charge in [-0.3, -0.25) is 4.79 Å². The molecule has 1 spiro atoms. The number of anilines is 1. The molecule has 4 aliphatic rings. The van der Waals surface area contributed by atoms with E-state index in [-0.39, 0.29) is 11.8 Å². The summed E-state index contributed by atoms with van der Waals surface area (Å²) in [6.45, 7) is 0. The molecule has 122 valence electrons. The summed E-state index contributed by atoms with van der Waals surface area (Å²) in [5.74, 6) is 1.56. The molecule has 2 saturated carbocycles. The molecule has 0 saturated heterocycles. The third-order valence-corrected chi connectivity index (χ3v) is 7.71. The Hall–Kier alpha value is -1.16. The third-order valence-electron chi connectivity index (χ3n) is 6.63. The van der Waals surface area contributed by atoms with Crippen LogP contribution in [0.4, 0.5) is 5.13 Å². The van der Waals surface area contributed by atoms with Crippen molar-refractivity contribution in [1.82, 2.24) is 4.98 Å². The van der Waals surface area contributed by atoms with E-state index in [0.717, 1.165) is 24.4 Å². The molecule has 1 heterocycles. The Kier molecular flexibility index (Phi) is 3.19. The average Bonchev–Trinajstić information content (AvgIpc) is 3.05. The quantitative estimate of drug-likeness (QED) is 0.820. The highest BCUT2D eigenvalue weighted by Gasteiger charge is 2.64. The molecule has 1 aromatic rings. The van der Waals surface area contributed by atoms with E-state index in [1.807, 2.05) is 0 Å². The lowest BCUT2D eigenvalue weighted by molar-refractivity contribution is -0.120. The fraction of sp³-hybridized carbons (Fsp3) is 0.684. The maximum absolute atomic E-state index is 12.8. The lowest BCUT2D eigenvalue weighted by atomic mass is 9.88. The van der Waals surface area contributed by atoms with Gasteiger partial charge in [0.1, 0.15) is 0 Å². The highest BCUT2D eigenvalue weighted by atomic mass is 32.1. The Bertz CT molecular complexity index is 647. The van der Waals surface area contributed by atoms with Crippen LogP contribution in [0.2, 0.25) is 0 Å². The van der Waals surface area contributed by atoms with E-state index in [2.05, 4.69) is 17.5 Å². The van der Waals surface area contributed by atoms with Crippen LogP contribution in [0.5, 0.6) is 0 Å². The number of nitrogens with one attached hydrogen (secondary N) is 1. The fourth-order valence-corrected chi connectivity index (χ4v) is 6.28. The summed E-state index contributed by atoms with van der Waals surface area (Å²) in [5.41, 5.74) is 1.73. The van der Waals surface area contributed by atoms with E-state index in [1.165, 1.54) is 49.1 Å². The highest BCUT2D eigenvalue weighted by Crippen LogP contribution is 2.70. The number of hydrogen-bond donors (Lipinski definition) is 1. The molecule has 0 unspecified atom stereocenters. The number of carbonyl (C=O) groups excluding carboxylic acids is 1. The van der Waals surface area contributed by atoms with Crippen molar-refractivity contribution in [3.05, 3.63) is 22.7 Å². The van der Waals surface area contributed by atoms with Crippen LogP contribution in [0.1, 0.15) is 55.5 Å². The molecule has 23 heavy (non-hydrogen) atoms. The molecule has 4 aliphatic carbocycles. The molecule has 0 radical (unpaired) electrons. The van der Waals surface area contributed by atoms with Gasteiger partial charge in [0.25, 0.3) is 0 Å². The molecular weight excluding hydrogens is 304 g/mol. The van der Waals surface area contributed by atoms with Crippen LogP contribution in [0.3, 0.4) is 0 Å². The molecule has 2 bridgehead atoms. The van der Waals surface area contributed by atoms with Gasteiger partial charge < -0.3 is 5.32 Å². The van der Waals surface area contributed by atoms with Crippen molar-refractivity contribution in [3.63, 3.8) is 0 Å². The molecular formula is C19H24N2OS. The Morgan fingerprint density at radius 2 is 2.00 bits per heavy atom. The predicted octanol–water partition coefficient (Wildman–Crippen LogP) is 4.34. The van der Waals surface area contributed by atoms with Crippen molar-refractivity contribution >= 4 is 22.4 Å². The topological polar surface area (TPSA) is 42.0 Å². The third kappa shape index (κ3) is 2.21. The van der Waals surface area contributed by atoms with Gasteiger partial charge in [-0.1, -0.05) is 25.0 Å². The first-order valence-corrected chi connectivity index (χ1v) is 10.1. The van der Waals surface area contributed by atoms with Gasteiger partial charge in [-0.2, -0.15) is 0 Å². The van der Waals surface area contributed by atoms with Crippen molar-refractivity contribution in [2.75, 3.05) is 5.32 Å². The van der Waals surface area contributed by atoms with Crippen LogP contribution >= 0.6 is 11.3 Å². The second-order valence-electron chi connectivity index (χ2n) is 7.88. The zero-order valence-corrected chi connectivity index (χ0v) is 14.3. The number of aromatic nitrogens is 1. The summed E-state index contributed by atoms with van der Waals surface area (Å²) in [7, 11) is 0. The van der Waals surface area contributed by atoms with Crippen molar-refractivity contribution in [2.45, 2.75) is 57.8 Å². The van der Waals surface area contributed by atoms with Gasteiger partial charge >= 0.3 is 0 Å². The number of carbonyl (C=O) groups is 1. The van der Waals surface area contributed by atoms with Gasteiger partial charge in [0.05, 0.1) is 5.69 Å². The van der Waals surface area contributed by atoms with Crippen LogP contribution in [0, 0.1) is 23.2 Å². The maximum atomic E-state index is 12.8. The Labute approximate surface area is 141 Å². The first kappa shape index (κ1) is 14.2. The first-order chi connectivity index (χ1) is 11.3. The van der Waals surface area contributed by atoms with Gasteiger partial charge in [0.15, 0.2) is 5.13 Å². The normalized spacial score (nSPS) is 33.3. The van der Waals surface area contributed by atoms with Crippen molar-refractivity contribution in [3.8, 4) is 0 Å². The molecule has 1 amide bonds. The molecule has 1 N–H and O–H groups in total. The minimum atomic E-state index is 0.180. The monoisotopic (exact) mass is 328 g/mol. The summed E-state index contributed by atoms with van der Waals surface area (Å²) < 4.78 is 0. The summed E-state index contributed by atoms with van der Waals surface area (Å²) in [6.07, 6.45) is 15.8. The summed E-state index contributed by atoms with van der Waals surface area (Å²) >= 11 is 1.72. The highest BCUT2D eigenvalue weighted by molar-refractivity contribution is 7.15. The van der Waals surface area contributed by atoms with Crippen molar-refractivity contribution < 1.29 is 4.79 Å². The van der Waals surface area contributed by atoms with Crippen LogP contribution in [-0.4, -0.2) is 10.9 Å². The Balaban J connectivity index is 1.31. The summed E-state index contributed by atoms with van der Waals surface area (Å²) in [4.78, 5) is 18.9. The number of aryl methyl sites for hydroxylation is 2. The minimum absolute atomic E-state index is 0.180. The van der Waals surface area contributed by atoms with E-state index in [0.29, 0.717) is 17.3 Å². The van der Waals surface area contributed by atoms with Crippen LogP contribution in [-0.2, 0) is 17.6 Å². The Morgan fingerprint density at radius 3 is 2.78 bits per heavy atom. The van der Waals surface area contributed by atoms with Crippen LogP contribution in [0.15, 0.2) is 12.2 Å². The van der Waals surface area contributed by atoms with E-state index in [9.17, 15) is 4.79 Å². The number of nitrogens with zero attached hydrogens (tertiary/aromatic N) is 1. The lowest BCUT2D eigenvalue weighted by Gasteiger charge is -2.18. The molecule has 2 fully saturated rings. The predicted molar refractivity (Wildman–Crippen MR) is 92.5 cm³/mol. The second-order valence-corrected chi connectivity index (χ2v) is 8.97. The SMILES string of the molecule is O=C(Nc1nc2c(s1)CCCCCC2)[C@@H]1C[C@H]2C=C[C@H]1C21CC1. The standard InChI is InChI=1S/C19H24N2OS/c22-17(13-11-12-7-8-14(13)19(12)9-10-19)21-18-20-15-5-3-1-2-4-6-16(15)23-18/h7-8,12-14H,1-6,9-11H2,(H,20,21,22)/t12-,13-,14-/m1/s1. The lowest BCUT2D eigenvalue weighted by Crippen LogP contribution is -2.27. The van der Waals surface area contributed by atoms with Crippen molar-refractivity contribution in [2.24, 2.45) is 23.2 Å². The number of thiazole rings is 1. The van der Waals surface area contributed by atoms with E-state index < -0.39 is 0 Å².